The van der Waals surface area contributed by atoms with Crippen LogP contribution in [0, 0.1) is 0 Å². The predicted molar refractivity (Wildman–Crippen MR) is 123 cm³/mol. The number of nitrogens with two attached hydrogens (primary N) is 1. The van der Waals surface area contributed by atoms with Crippen molar-refractivity contribution >= 4 is 41.2 Å². The largest absolute Gasteiger partial charge is 0.349 e. The monoisotopic (exact) mass is 454 g/mol. The molecule has 0 spiro atoms. The molecule has 0 saturated carbocycles. The van der Waals surface area contributed by atoms with E-state index in [1.807, 2.05) is 0 Å². The second-order valence-electron chi connectivity index (χ2n) is 7.39. The highest BCUT2D eigenvalue weighted by molar-refractivity contribution is 6.07. The molecule has 6 N–H and O–H groups in total. The fourth-order valence-electron chi connectivity index (χ4n) is 3.32. The van der Waals surface area contributed by atoms with Crippen molar-refractivity contribution in [3.8, 4) is 0 Å². The van der Waals surface area contributed by atoms with Crippen LogP contribution in [0.4, 0.5) is 17.1 Å². The lowest BCUT2D eigenvalue weighted by molar-refractivity contribution is -0.105. The van der Waals surface area contributed by atoms with Gasteiger partial charge in [0.25, 0.3) is 17.7 Å². The summed E-state index contributed by atoms with van der Waals surface area (Å²) in [6.45, 7) is 0.675. The Kier molecular flexibility index (Phi) is 6.98. The molecule has 0 fully saturated rings. The van der Waals surface area contributed by atoms with E-state index in [2.05, 4.69) is 21.3 Å². The van der Waals surface area contributed by atoms with Gasteiger partial charge in [-0.05, 0) is 18.2 Å². The number of nitrogens with zero attached hydrogens (tertiary/aromatic N) is 3. The summed E-state index contributed by atoms with van der Waals surface area (Å²) in [5, 5.41) is 10.7. The number of hydrogen-bond acceptors (Lipinski definition) is 5. The van der Waals surface area contributed by atoms with Crippen LogP contribution in [-0.4, -0.2) is 50.9 Å². The van der Waals surface area contributed by atoms with Crippen LogP contribution in [-0.2, 0) is 25.9 Å². The summed E-state index contributed by atoms with van der Waals surface area (Å²) >= 11 is 0. The van der Waals surface area contributed by atoms with Gasteiger partial charge in [-0.1, -0.05) is 0 Å². The number of anilines is 3. The minimum Gasteiger partial charge on any atom is -0.349 e. The average Bonchev–Trinajstić information content (AvgIpc) is 3.43. The van der Waals surface area contributed by atoms with E-state index in [0.717, 1.165) is 0 Å². The number of aryl methyl sites for hydroxylation is 3. The van der Waals surface area contributed by atoms with E-state index in [0.29, 0.717) is 53.6 Å². The fourth-order valence-corrected chi connectivity index (χ4v) is 3.32. The highest BCUT2D eigenvalue weighted by Crippen LogP contribution is 2.19. The van der Waals surface area contributed by atoms with Gasteiger partial charge in [0.2, 0.25) is 6.41 Å². The van der Waals surface area contributed by atoms with Gasteiger partial charge in [0.1, 0.15) is 17.1 Å². The van der Waals surface area contributed by atoms with Crippen molar-refractivity contribution in [1.29, 1.82) is 0 Å². The quantitative estimate of drug-likeness (QED) is 0.297. The molecule has 3 heterocycles. The molecule has 4 amide bonds. The summed E-state index contributed by atoms with van der Waals surface area (Å²) < 4.78 is 4.76. The van der Waals surface area contributed by atoms with Gasteiger partial charge >= 0.3 is 0 Å². The SMILES string of the molecule is Cn1cc(NC(=O)c2cc(NC(=O)c3cc(NC=O)cn3C)cn2C)cc1C(=O)NCCN. The van der Waals surface area contributed by atoms with Crippen LogP contribution in [0.15, 0.2) is 36.8 Å². The molecule has 0 aromatic carbocycles. The fraction of sp³-hybridized carbons (Fsp3) is 0.238. The zero-order valence-electron chi connectivity index (χ0n) is 18.5. The molecular weight excluding hydrogens is 428 g/mol. The van der Waals surface area contributed by atoms with E-state index in [1.165, 1.54) is 6.07 Å². The highest BCUT2D eigenvalue weighted by atomic mass is 16.2. The lowest BCUT2D eigenvalue weighted by atomic mass is 10.3. The molecule has 0 saturated heterocycles. The maximum Gasteiger partial charge on any atom is 0.272 e. The van der Waals surface area contributed by atoms with Gasteiger partial charge in [-0.2, -0.15) is 0 Å². The van der Waals surface area contributed by atoms with Crippen molar-refractivity contribution in [1.82, 2.24) is 19.0 Å². The summed E-state index contributed by atoms with van der Waals surface area (Å²) in [6.07, 6.45) is 5.37. The van der Waals surface area contributed by atoms with Gasteiger partial charge in [0.15, 0.2) is 0 Å². The molecule has 0 atom stereocenters. The molecule has 0 bridgehead atoms. The summed E-state index contributed by atoms with van der Waals surface area (Å²) in [6, 6.07) is 4.64. The van der Waals surface area contributed by atoms with Crippen LogP contribution in [0.3, 0.4) is 0 Å². The molecule has 3 aromatic heterocycles. The Morgan fingerprint density at radius 1 is 0.788 bits per heavy atom. The Morgan fingerprint density at radius 2 is 1.21 bits per heavy atom. The molecule has 33 heavy (non-hydrogen) atoms. The maximum absolute atomic E-state index is 12.8. The van der Waals surface area contributed by atoms with E-state index in [4.69, 9.17) is 5.73 Å². The molecule has 3 aromatic rings. The van der Waals surface area contributed by atoms with Gasteiger partial charge in [0, 0.05) is 52.8 Å². The van der Waals surface area contributed by atoms with Crippen molar-refractivity contribution in [2.45, 2.75) is 0 Å². The molecule has 0 unspecified atom stereocenters. The van der Waals surface area contributed by atoms with Crippen molar-refractivity contribution in [2.24, 2.45) is 26.9 Å². The third kappa shape index (κ3) is 5.30. The van der Waals surface area contributed by atoms with Crippen LogP contribution in [0.1, 0.15) is 31.5 Å². The molecule has 12 nitrogen and oxygen atoms in total. The number of aromatic nitrogens is 3. The molecule has 0 aliphatic heterocycles. The van der Waals surface area contributed by atoms with Crippen molar-refractivity contribution in [3.05, 3.63) is 53.9 Å². The Labute approximate surface area is 189 Å². The second kappa shape index (κ2) is 9.87. The predicted octanol–water partition coefficient (Wildman–Crippen LogP) is 0.464. The first kappa shape index (κ1) is 23.3. The molecule has 0 aliphatic rings. The molecule has 0 aliphatic carbocycles. The van der Waals surface area contributed by atoms with Gasteiger partial charge in [-0.15, -0.1) is 0 Å². The Balaban J connectivity index is 1.70. The van der Waals surface area contributed by atoms with E-state index < -0.39 is 11.8 Å². The molecule has 12 heteroatoms. The Hall–Kier alpha value is -4.32. The summed E-state index contributed by atoms with van der Waals surface area (Å²) in [5.74, 6) is -1.10. The van der Waals surface area contributed by atoms with Crippen LogP contribution in [0.25, 0.3) is 0 Å². The van der Waals surface area contributed by atoms with Crippen molar-refractivity contribution in [2.75, 3.05) is 29.0 Å². The average molecular weight is 454 g/mol. The minimum atomic E-state index is -0.408. The highest BCUT2D eigenvalue weighted by Gasteiger charge is 2.18. The first-order valence-electron chi connectivity index (χ1n) is 10.0. The van der Waals surface area contributed by atoms with E-state index in [-0.39, 0.29) is 5.91 Å². The lowest BCUT2D eigenvalue weighted by Gasteiger charge is -2.03. The summed E-state index contributed by atoms with van der Waals surface area (Å²) in [4.78, 5) is 48.1. The summed E-state index contributed by atoms with van der Waals surface area (Å²) in [5.41, 5.74) is 7.79. The summed E-state index contributed by atoms with van der Waals surface area (Å²) in [7, 11) is 5.05. The van der Waals surface area contributed by atoms with E-state index in [1.54, 1.807) is 65.6 Å². The van der Waals surface area contributed by atoms with Crippen LogP contribution >= 0.6 is 0 Å². The topological polar surface area (TPSA) is 157 Å². The standard InChI is InChI=1S/C21H26N8O4/c1-27-9-13(24-12-30)6-17(27)20(32)26-15-8-18(29(3)11-15)21(33)25-14-7-16(28(2)10-14)19(31)23-5-4-22/h6-12H,4-5,22H2,1-3H3,(H,23,31)(H,24,30)(H,25,33)(H,26,32). The number of carbonyl (C=O) groups is 4. The number of hydrogen-bond donors (Lipinski definition) is 5. The van der Waals surface area contributed by atoms with Crippen LogP contribution < -0.4 is 27.0 Å². The number of carbonyl (C=O) groups excluding carboxylic acids is 4. The normalized spacial score (nSPS) is 10.5. The van der Waals surface area contributed by atoms with Gasteiger partial charge < -0.3 is 40.7 Å². The second-order valence-corrected chi connectivity index (χ2v) is 7.39. The maximum atomic E-state index is 12.8. The number of nitrogens with one attached hydrogen (secondary N) is 4. The van der Waals surface area contributed by atoms with E-state index >= 15 is 0 Å². The van der Waals surface area contributed by atoms with Gasteiger partial charge in [0.05, 0.1) is 17.1 Å². The Bertz CT molecular complexity index is 1200. The molecule has 3 rings (SSSR count). The van der Waals surface area contributed by atoms with E-state index in [9.17, 15) is 19.2 Å². The van der Waals surface area contributed by atoms with Crippen LogP contribution in [0.5, 0.6) is 0 Å². The molecular formula is C21H26N8O4. The van der Waals surface area contributed by atoms with Gasteiger partial charge in [-0.3, -0.25) is 19.2 Å². The third-order valence-electron chi connectivity index (χ3n) is 4.88. The first-order chi connectivity index (χ1) is 15.7. The molecule has 174 valence electrons. The smallest absolute Gasteiger partial charge is 0.272 e. The number of rotatable bonds is 9. The first-order valence-corrected chi connectivity index (χ1v) is 10.0. The lowest BCUT2D eigenvalue weighted by Crippen LogP contribution is -2.30. The van der Waals surface area contributed by atoms with Crippen molar-refractivity contribution in [3.63, 3.8) is 0 Å². The van der Waals surface area contributed by atoms with Crippen LogP contribution in [0.2, 0.25) is 0 Å². The number of amides is 4. The zero-order chi connectivity index (χ0) is 24.1. The zero-order valence-corrected chi connectivity index (χ0v) is 18.5. The third-order valence-corrected chi connectivity index (χ3v) is 4.88. The van der Waals surface area contributed by atoms with Gasteiger partial charge in [-0.25, -0.2) is 0 Å². The molecule has 0 radical (unpaired) electrons. The van der Waals surface area contributed by atoms with Crippen molar-refractivity contribution < 1.29 is 19.2 Å². The Morgan fingerprint density at radius 3 is 1.67 bits per heavy atom. The minimum absolute atomic E-state index is 0.292.